The second kappa shape index (κ2) is 8.97. The van der Waals surface area contributed by atoms with E-state index < -0.39 is 10.2 Å². The Kier molecular flexibility index (Phi) is 6.88. The van der Waals surface area contributed by atoms with E-state index in [0.717, 1.165) is 4.88 Å². The topological polar surface area (TPSA) is 82.2 Å². The molecule has 0 saturated carbocycles. The lowest BCUT2D eigenvalue weighted by molar-refractivity contribution is -0.122. The second-order valence-electron chi connectivity index (χ2n) is 7.11. The van der Waals surface area contributed by atoms with Crippen LogP contribution in [-0.4, -0.2) is 85.9 Å². The number of morpholine rings is 1. The molecule has 2 fully saturated rings. The first-order chi connectivity index (χ1) is 12.8. The van der Waals surface area contributed by atoms with Crippen LogP contribution in [0.15, 0.2) is 17.5 Å². The average molecular weight is 417 g/mol. The number of carbonyl (C=O) groups is 1. The Morgan fingerprint density at radius 1 is 1.19 bits per heavy atom. The quantitative estimate of drug-likeness (QED) is 0.723. The van der Waals surface area contributed by atoms with Gasteiger partial charge in [0.05, 0.1) is 25.3 Å². The molecule has 1 aromatic heterocycles. The molecular weight excluding hydrogens is 388 g/mol. The minimum atomic E-state index is -3.48. The lowest BCUT2D eigenvalue weighted by Crippen LogP contribution is -2.57. The molecule has 0 unspecified atom stereocenters. The lowest BCUT2D eigenvalue weighted by Gasteiger charge is -2.40. The molecule has 8 nitrogen and oxygen atoms in total. The highest BCUT2D eigenvalue weighted by Crippen LogP contribution is 2.18. The molecule has 2 aliphatic rings. The first kappa shape index (κ1) is 20.7. The summed E-state index contributed by atoms with van der Waals surface area (Å²) in [5.74, 6) is -0.0319. The maximum absolute atomic E-state index is 12.9. The van der Waals surface area contributed by atoms with Gasteiger partial charge in [0.2, 0.25) is 5.91 Å². The predicted octanol–water partition coefficient (Wildman–Crippen LogP) is 0.336. The fourth-order valence-electron chi connectivity index (χ4n) is 3.46. The van der Waals surface area contributed by atoms with E-state index in [9.17, 15) is 13.2 Å². The molecule has 2 aliphatic heterocycles. The van der Waals surface area contributed by atoms with Gasteiger partial charge in [0.1, 0.15) is 0 Å². The number of nitrogens with zero attached hydrogens (tertiary/aromatic N) is 3. The maximum atomic E-state index is 12.9. The molecule has 2 saturated heterocycles. The molecule has 1 aromatic rings. The minimum Gasteiger partial charge on any atom is -0.373 e. The van der Waals surface area contributed by atoms with Crippen LogP contribution >= 0.6 is 11.3 Å². The van der Waals surface area contributed by atoms with Crippen molar-refractivity contribution in [2.45, 2.75) is 32.6 Å². The Morgan fingerprint density at radius 3 is 2.44 bits per heavy atom. The summed E-state index contributed by atoms with van der Waals surface area (Å²) in [5, 5.41) is 4.89. The third-order valence-electron chi connectivity index (χ3n) is 4.78. The highest BCUT2D eigenvalue weighted by Gasteiger charge is 2.36. The first-order valence-electron chi connectivity index (χ1n) is 9.26. The Bertz CT molecular complexity index is 707. The van der Waals surface area contributed by atoms with Crippen molar-refractivity contribution in [3.63, 3.8) is 0 Å². The van der Waals surface area contributed by atoms with Gasteiger partial charge < -0.3 is 10.1 Å². The Labute approximate surface area is 165 Å². The third kappa shape index (κ3) is 5.49. The highest BCUT2D eigenvalue weighted by molar-refractivity contribution is 7.86. The van der Waals surface area contributed by atoms with Gasteiger partial charge in [-0.2, -0.15) is 17.0 Å². The fraction of sp³-hybridized carbons (Fsp3) is 0.706. The fourth-order valence-corrected chi connectivity index (χ4v) is 5.85. The molecule has 152 valence electrons. The molecule has 27 heavy (non-hydrogen) atoms. The molecule has 0 aliphatic carbocycles. The summed E-state index contributed by atoms with van der Waals surface area (Å²) in [5.41, 5.74) is 0. The summed E-state index contributed by atoms with van der Waals surface area (Å²) in [6.07, 6.45) is -0.200. The number of hydrogen-bond acceptors (Lipinski definition) is 6. The van der Waals surface area contributed by atoms with Crippen LogP contribution in [0.1, 0.15) is 18.7 Å². The standard InChI is InChI=1S/C17H28N4O4S2/c1-14-11-21(12-15(2)25-14)27(23,24)20-7-5-19(6-8-20)13-17(22)18-10-16-4-3-9-26-16/h3-4,9,14-15H,5-8,10-13H2,1-2H3,(H,18,22)/t14-,15-/m0/s1. The third-order valence-corrected chi connectivity index (χ3v) is 7.62. The summed E-state index contributed by atoms with van der Waals surface area (Å²) in [6.45, 7) is 7.32. The molecule has 3 rings (SSSR count). The van der Waals surface area contributed by atoms with E-state index >= 15 is 0 Å². The number of hydrogen-bond donors (Lipinski definition) is 1. The molecule has 3 heterocycles. The molecule has 10 heteroatoms. The number of piperazine rings is 1. The largest absolute Gasteiger partial charge is 0.373 e. The van der Waals surface area contributed by atoms with Crippen molar-refractivity contribution in [2.75, 3.05) is 45.8 Å². The van der Waals surface area contributed by atoms with Gasteiger partial charge in [0, 0.05) is 44.1 Å². The van der Waals surface area contributed by atoms with Crippen LogP contribution in [0.4, 0.5) is 0 Å². The SMILES string of the molecule is C[C@H]1CN(S(=O)(=O)N2CCN(CC(=O)NCc3cccs3)CC2)C[C@H](C)O1. The molecule has 0 radical (unpaired) electrons. The molecule has 1 amide bonds. The van der Waals surface area contributed by atoms with E-state index in [0.29, 0.717) is 52.4 Å². The zero-order valence-corrected chi connectivity index (χ0v) is 17.5. The molecule has 1 N–H and O–H groups in total. The van der Waals surface area contributed by atoms with E-state index in [2.05, 4.69) is 5.32 Å². The van der Waals surface area contributed by atoms with E-state index in [1.54, 1.807) is 11.3 Å². The zero-order chi connectivity index (χ0) is 19.4. The molecule has 0 aromatic carbocycles. The monoisotopic (exact) mass is 416 g/mol. The van der Waals surface area contributed by atoms with Crippen molar-refractivity contribution >= 4 is 27.5 Å². The molecule has 0 bridgehead atoms. The van der Waals surface area contributed by atoms with E-state index in [4.69, 9.17) is 4.74 Å². The zero-order valence-electron chi connectivity index (χ0n) is 15.8. The summed E-state index contributed by atoms with van der Waals surface area (Å²) >= 11 is 1.61. The summed E-state index contributed by atoms with van der Waals surface area (Å²) in [6, 6.07) is 3.95. The van der Waals surface area contributed by atoms with Crippen LogP contribution in [0, 0.1) is 0 Å². The average Bonchev–Trinajstić information content (AvgIpc) is 3.13. The summed E-state index contributed by atoms with van der Waals surface area (Å²) < 4.78 is 34.5. The Balaban J connectivity index is 1.45. The number of thiophene rings is 1. The second-order valence-corrected chi connectivity index (χ2v) is 10.1. The van der Waals surface area contributed by atoms with Crippen molar-refractivity contribution < 1.29 is 17.9 Å². The van der Waals surface area contributed by atoms with Gasteiger partial charge in [-0.05, 0) is 25.3 Å². The summed E-state index contributed by atoms with van der Waals surface area (Å²) in [4.78, 5) is 15.2. The van der Waals surface area contributed by atoms with Crippen molar-refractivity contribution in [3.05, 3.63) is 22.4 Å². The van der Waals surface area contributed by atoms with Crippen LogP contribution in [0.25, 0.3) is 0 Å². The maximum Gasteiger partial charge on any atom is 0.282 e. The highest BCUT2D eigenvalue weighted by atomic mass is 32.2. The van der Waals surface area contributed by atoms with Crippen LogP contribution in [0.3, 0.4) is 0 Å². The minimum absolute atomic E-state index is 0.0319. The van der Waals surface area contributed by atoms with Crippen LogP contribution in [0.5, 0.6) is 0 Å². The normalized spacial score (nSPS) is 26.1. The van der Waals surface area contributed by atoms with Gasteiger partial charge in [-0.25, -0.2) is 0 Å². The molecule has 0 spiro atoms. The predicted molar refractivity (Wildman–Crippen MR) is 105 cm³/mol. The van der Waals surface area contributed by atoms with Crippen LogP contribution < -0.4 is 5.32 Å². The van der Waals surface area contributed by atoms with Crippen molar-refractivity contribution in [1.82, 2.24) is 18.8 Å². The van der Waals surface area contributed by atoms with Crippen LogP contribution in [-0.2, 0) is 26.3 Å². The van der Waals surface area contributed by atoms with Gasteiger partial charge >= 0.3 is 0 Å². The number of amides is 1. The van der Waals surface area contributed by atoms with Gasteiger partial charge in [0.25, 0.3) is 10.2 Å². The van der Waals surface area contributed by atoms with E-state index in [-0.39, 0.29) is 18.1 Å². The van der Waals surface area contributed by atoms with E-state index in [1.807, 2.05) is 36.3 Å². The number of carbonyl (C=O) groups excluding carboxylic acids is 1. The van der Waals surface area contributed by atoms with Gasteiger partial charge in [0.15, 0.2) is 0 Å². The lowest BCUT2D eigenvalue weighted by atomic mass is 10.3. The smallest absolute Gasteiger partial charge is 0.282 e. The summed E-state index contributed by atoms with van der Waals surface area (Å²) in [7, 11) is -3.48. The van der Waals surface area contributed by atoms with Crippen molar-refractivity contribution in [3.8, 4) is 0 Å². The first-order valence-corrected chi connectivity index (χ1v) is 11.5. The molecule has 2 atom stereocenters. The van der Waals surface area contributed by atoms with Gasteiger partial charge in [-0.1, -0.05) is 6.07 Å². The number of nitrogens with one attached hydrogen (secondary N) is 1. The van der Waals surface area contributed by atoms with Crippen LogP contribution in [0.2, 0.25) is 0 Å². The Morgan fingerprint density at radius 2 is 1.85 bits per heavy atom. The Hall–Kier alpha value is -1.04. The number of ether oxygens (including phenoxy) is 1. The van der Waals surface area contributed by atoms with Gasteiger partial charge in [-0.15, -0.1) is 11.3 Å². The molecular formula is C17H28N4O4S2. The van der Waals surface area contributed by atoms with Gasteiger partial charge in [-0.3, -0.25) is 9.69 Å². The van der Waals surface area contributed by atoms with Crippen molar-refractivity contribution in [1.29, 1.82) is 0 Å². The van der Waals surface area contributed by atoms with E-state index in [1.165, 1.54) is 8.61 Å². The van der Waals surface area contributed by atoms with Crippen molar-refractivity contribution in [2.24, 2.45) is 0 Å². The number of rotatable bonds is 6.